The summed E-state index contributed by atoms with van der Waals surface area (Å²) >= 11 is 5.50. The molecule has 1 heterocycles. The van der Waals surface area contributed by atoms with E-state index in [0.717, 1.165) is 26.2 Å². The first-order chi connectivity index (χ1) is 6.24. The smallest absolute Gasteiger partial charge is 0.0218 e. The quantitative estimate of drug-likeness (QED) is 0.749. The molecule has 2 nitrogen and oxygen atoms in total. The van der Waals surface area contributed by atoms with Crippen molar-refractivity contribution >= 4 is 11.6 Å². The Morgan fingerprint density at radius 2 is 2.38 bits per heavy atom. The van der Waals surface area contributed by atoms with Crippen LogP contribution in [0.25, 0.3) is 0 Å². The number of halogens is 1. The molecule has 76 valence electrons. The maximum absolute atomic E-state index is 5.50. The number of nitrogens with zero attached hydrogens (tertiary/aromatic N) is 1. The van der Waals surface area contributed by atoms with Crippen molar-refractivity contribution in [2.75, 3.05) is 26.2 Å². The molecule has 0 aromatic carbocycles. The Kier molecular flexibility index (Phi) is 4.78. The van der Waals surface area contributed by atoms with Gasteiger partial charge in [-0.1, -0.05) is 31.5 Å². The van der Waals surface area contributed by atoms with Gasteiger partial charge in [-0.2, -0.15) is 0 Å². The maximum atomic E-state index is 5.50. The molecule has 0 amide bonds. The summed E-state index contributed by atoms with van der Waals surface area (Å²) in [7, 11) is 0. The van der Waals surface area contributed by atoms with Crippen molar-refractivity contribution in [2.24, 2.45) is 5.92 Å². The minimum Gasteiger partial charge on any atom is -0.311 e. The van der Waals surface area contributed by atoms with Gasteiger partial charge in [-0.3, -0.25) is 4.90 Å². The summed E-state index contributed by atoms with van der Waals surface area (Å²) in [4.78, 5) is 2.43. The second-order valence-electron chi connectivity index (χ2n) is 3.93. The fraction of sp³-hybridized carbons (Fsp3) is 0.800. The number of hydrogen-bond acceptors (Lipinski definition) is 2. The predicted octanol–water partition coefficient (Wildman–Crippen LogP) is 1.67. The first kappa shape index (κ1) is 11.0. The van der Waals surface area contributed by atoms with Gasteiger partial charge in [0.25, 0.3) is 0 Å². The summed E-state index contributed by atoms with van der Waals surface area (Å²) in [5.41, 5.74) is 1.60. The Morgan fingerprint density at radius 3 is 3.00 bits per heavy atom. The van der Waals surface area contributed by atoms with Gasteiger partial charge in [-0.25, -0.2) is 0 Å². The molecular formula is C10H19ClN2. The zero-order valence-corrected chi connectivity index (χ0v) is 9.22. The average molecular weight is 203 g/mol. The van der Waals surface area contributed by atoms with Crippen molar-refractivity contribution in [1.82, 2.24) is 10.2 Å². The van der Waals surface area contributed by atoms with Crippen LogP contribution in [0.5, 0.6) is 0 Å². The van der Waals surface area contributed by atoms with Crippen LogP contribution >= 0.6 is 11.6 Å². The molecule has 0 aliphatic carbocycles. The van der Waals surface area contributed by atoms with Crippen LogP contribution in [0, 0.1) is 5.92 Å². The van der Waals surface area contributed by atoms with E-state index in [1.165, 1.54) is 0 Å². The molecular weight excluding hydrogens is 184 g/mol. The van der Waals surface area contributed by atoms with Crippen molar-refractivity contribution in [3.63, 3.8) is 0 Å². The van der Waals surface area contributed by atoms with Crippen LogP contribution in [-0.4, -0.2) is 37.1 Å². The Morgan fingerprint density at radius 1 is 1.62 bits per heavy atom. The Hall–Kier alpha value is -0.0500. The van der Waals surface area contributed by atoms with E-state index in [-0.39, 0.29) is 0 Å². The molecule has 1 rings (SSSR count). The molecule has 1 unspecified atom stereocenters. The fourth-order valence-electron chi connectivity index (χ4n) is 1.64. The number of nitrogens with one attached hydrogen (secondary N) is 1. The van der Waals surface area contributed by atoms with Crippen molar-refractivity contribution < 1.29 is 0 Å². The minimum absolute atomic E-state index is 0.637. The highest BCUT2D eigenvalue weighted by atomic mass is 35.5. The molecule has 1 atom stereocenters. The Labute approximate surface area is 85.9 Å². The van der Waals surface area contributed by atoms with Gasteiger partial charge in [0.15, 0.2) is 0 Å². The summed E-state index contributed by atoms with van der Waals surface area (Å²) in [5, 5.41) is 3.53. The first-order valence-corrected chi connectivity index (χ1v) is 5.38. The molecule has 0 bridgehead atoms. The molecule has 1 aliphatic heterocycles. The van der Waals surface area contributed by atoms with Gasteiger partial charge in [-0.15, -0.1) is 0 Å². The molecule has 0 aromatic heterocycles. The van der Waals surface area contributed by atoms with E-state index in [0.29, 0.717) is 12.0 Å². The standard InChI is InChI=1S/C10H19ClN2/c1-9(2)10-8-13(6-3-4-11)7-5-12-10/h3-4,9-10,12H,5-8H2,1-2H3/b4-3+. The lowest BCUT2D eigenvalue weighted by Crippen LogP contribution is -2.52. The van der Waals surface area contributed by atoms with Gasteiger partial charge in [-0.05, 0) is 5.92 Å². The van der Waals surface area contributed by atoms with Gasteiger partial charge in [0, 0.05) is 37.8 Å². The molecule has 1 aliphatic rings. The second-order valence-corrected chi connectivity index (χ2v) is 4.18. The third kappa shape index (κ3) is 3.67. The maximum Gasteiger partial charge on any atom is 0.0218 e. The van der Waals surface area contributed by atoms with Gasteiger partial charge in [0.05, 0.1) is 0 Å². The molecule has 1 saturated heterocycles. The minimum atomic E-state index is 0.637. The van der Waals surface area contributed by atoms with Crippen LogP contribution in [0.4, 0.5) is 0 Å². The average Bonchev–Trinajstić information content (AvgIpc) is 2.15. The zero-order valence-electron chi connectivity index (χ0n) is 8.46. The van der Waals surface area contributed by atoms with Gasteiger partial charge in [0.2, 0.25) is 0 Å². The van der Waals surface area contributed by atoms with Crippen molar-refractivity contribution in [2.45, 2.75) is 19.9 Å². The first-order valence-electron chi connectivity index (χ1n) is 4.95. The molecule has 13 heavy (non-hydrogen) atoms. The second kappa shape index (κ2) is 5.63. The van der Waals surface area contributed by atoms with E-state index in [2.05, 4.69) is 24.1 Å². The van der Waals surface area contributed by atoms with Crippen LogP contribution in [0.3, 0.4) is 0 Å². The normalized spacial score (nSPS) is 26.0. The van der Waals surface area contributed by atoms with Crippen LogP contribution in [0.15, 0.2) is 11.6 Å². The molecule has 0 spiro atoms. The molecule has 0 radical (unpaired) electrons. The highest BCUT2D eigenvalue weighted by Crippen LogP contribution is 2.07. The van der Waals surface area contributed by atoms with E-state index >= 15 is 0 Å². The van der Waals surface area contributed by atoms with Gasteiger partial charge in [0.1, 0.15) is 0 Å². The highest BCUT2D eigenvalue weighted by Gasteiger charge is 2.20. The molecule has 0 saturated carbocycles. The van der Waals surface area contributed by atoms with Crippen LogP contribution in [-0.2, 0) is 0 Å². The van der Waals surface area contributed by atoms with Crippen LogP contribution in [0.2, 0.25) is 0 Å². The third-order valence-corrected chi connectivity index (χ3v) is 2.73. The Bertz CT molecular complexity index is 168. The topological polar surface area (TPSA) is 15.3 Å². The number of hydrogen-bond donors (Lipinski definition) is 1. The zero-order chi connectivity index (χ0) is 9.68. The van der Waals surface area contributed by atoms with Gasteiger partial charge < -0.3 is 5.32 Å². The van der Waals surface area contributed by atoms with E-state index in [1.54, 1.807) is 5.54 Å². The monoisotopic (exact) mass is 202 g/mol. The lowest BCUT2D eigenvalue weighted by Gasteiger charge is -2.35. The van der Waals surface area contributed by atoms with Crippen molar-refractivity contribution in [3.05, 3.63) is 11.6 Å². The molecule has 3 heteroatoms. The Balaban J connectivity index is 2.33. The van der Waals surface area contributed by atoms with Crippen molar-refractivity contribution in [3.8, 4) is 0 Å². The SMILES string of the molecule is CC(C)C1CN(C/C=C/Cl)CCN1. The van der Waals surface area contributed by atoms with E-state index in [4.69, 9.17) is 11.6 Å². The molecule has 1 N–H and O–H groups in total. The van der Waals surface area contributed by atoms with Gasteiger partial charge >= 0.3 is 0 Å². The number of rotatable bonds is 3. The van der Waals surface area contributed by atoms with Crippen LogP contribution in [0.1, 0.15) is 13.8 Å². The van der Waals surface area contributed by atoms with E-state index in [1.807, 2.05) is 6.08 Å². The third-order valence-electron chi connectivity index (χ3n) is 2.55. The van der Waals surface area contributed by atoms with E-state index < -0.39 is 0 Å². The molecule has 1 fully saturated rings. The largest absolute Gasteiger partial charge is 0.311 e. The summed E-state index contributed by atoms with van der Waals surface area (Å²) in [6.07, 6.45) is 2.00. The lowest BCUT2D eigenvalue weighted by atomic mass is 10.0. The number of piperazine rings is 1. The summed E-state index contributed by atoms with van der Waals surface area (Å²) in [6.45, 7) is 8.87. The molecule has 0 aromatic rings. The summed E-state index contributed by atoms with van der Waals surface area (Å²) in [6, 6.07) is 0.637. The highest BCUT2D eigenvalue weighted by molar-refractivity contribution is 6.25. The summed E-state index contributed by atoms with van der Waals surface area (Å²) in [5.74, 6) is 0.711. The van der Waals surface area contributed by atoms with Crippen molar-refractivity contribution in [1.29, 1.82) is 0 Å². The lowest BCUT2D eigenvalue weighted by molar-refractivity contribution is 0.190. The summed E-state index contributed by atoms with van der Waals surface area (Å²) < 4.78 is 0. The predicted molar refractivity (Wildman–Crippen MR) is 58.1 cm³/mol. The van der Waals surface area contributed by atoms with E-state index in [9.17, 15) is 0 Å². The van der Waals surface area contributed by atoms with Crippen LogP contribution < -0.4 is 5.32 Å². The fourth-order valence-corrected chi connectivity index (χ4v) is 1.72.